The smallest absolute Gasteiger partial charge is 0.124 e. The van der Waals surface area contributed by atoms with Crippen molar-refractivity contribution in [3.63, 3.8) is 0 Å². The van der Waals surface area contributed by atoms with Gasteiger partial charge >= 0.3 is 0 Å². The predicted molar refractivity (Wildman–Crippen MR) is 119 cm³/mol. The summed E-state index contributed by atoms with van der Waals surface area (Å²) in [6.45, 7) is 1.94. The van der Waals surface area contributed by atoms with Gasteiger partial charge in [-0.1, -0.05) is 0 Å². The minimum Gasteiger partial charge on any atom is -0.310 e. The molecule has 1 saturated heterocycles. The molecule has 138 valence electrons. The van der Waals surface area contributed by atoms with Crippen LogP contribution in [0.3, 0.4) is 0 Å². The second kappa shape index (κ2) is 9.54. The summed E-state index contributed by atoms with van der Waals surface area (Å²) in [6.07, 6.45) is 4.40. The number of halogens is 4. The van der Waals surface area contributed by atoms with Crippen LogP contribution < -0.4 is 5.32 Å². The van der Waals surface area contributed by atoms with E-state index in [4.69, 9.17) is 0 Å². The number of nitrogens with zero attached hydrogens (tertiary/aromatic N) is 1. The van der Waals surface area contributed by atoms with E-state index in [1.165, 1.54) is 12.5 Å². The van der Waals surface area contributed by atoms with Crippen LogP contribution in [0.25, 0.3) is 0 Å². The highest BCUT2D eigenvalue weighted by Gasteiger charge is 2.16. The maximum Gasteiger partial charge on any atom is 0.124 e. The zero-order valence-corrected chi connectivity index (χ0v) is 18.6. The lowest BCUT2D eigenvalue weighted by Crippen LogP contribution is -2.13. The molecule has 0 radical (unpaired) electrons. The maximum atomic E-state index is 13.0. The zero-order chi connectivity index (χ0) is 18.5. The predicted octanol–water partition coefficient (Wildman–Crippen LogP) is 5.87. The van der Waals surface area contributed by atoms with Crippen molar-refractivity contribution in [1.29, 1.82) is 0 Å². The van der Waals surface area contributed by atoms with E-state index in [1.807, 2.05) is 12.1 Å². The summed E-state index contributed by atoms with van der Waals surface area (Å²) >= 11 is 4.27. The first kappa shape index (κ1) is 20.1. The highest BCUT2D eigenvalue weighted by atomic mass is 127. The minimum absolute atomic E-state index is 0.129. The third-order valence-corrected chi connectivity index (χ3v) is 5.66. The average molecular weight is 580 g/mol. The van der Waals surface area contributed by atoms with Crippen molar-refractivity contribution < 1.29 is 8.78 Å². The van der Waals surface area contributed by atoms with Crippen molar-refractivity contribution in [2.45, 2.75) is 31.7 Å². The SMILES string of the molecule is Fc1cc(I)cc(C2=NCCC2)c1.Fc1cc(I)cc(C2CCCN2)c1. The summed E-state index contributed by atoms with van der Waals surface area (Å²) in [4.78, 5) is 4.33. The third kappa shape index (κ3) is 5.69. The molecule has 2 heterocycles. The molecule has 1 unspecified atom stereocenters. The van der Waals surface area contributed by atoms with Crippen LogP contribution in [0.15, 0.2) is 41.4 Å². The van der Waals surface area contributed by atoms with Crippen molar-refractivity contribution in [2.75, 3.05) is 13.1 Å². The Hall–Kier alpha value is -0.610. The molecule has 2 aromatic carbocycles. The van der Waals surface area contributed by atoms with E-state index in [9.17, 15) is 8.78 Å². The lowest BCUT2D eigenvalue weighted by atomic mass is 10.1. The fraction of sp³-hybridized carbons (Fsp3) is 0.350. The second-order valence-electron chi connectivity index (χ2n) is 6.44. The molecule has 1 fully saturated rings. The Bertz CT molecular complexity index is 762. The van der Waals surface area contributed by atoms with Crippen LogP contribution in [-0.4, -0.2) is 18.8 Å². The van der Waals surface area contributed by atoms with Crippen LogP contribution in [0, 0.1) is 18.8 Å². The third-order valence-electron chi connectivity index (χ3n) is 4.42. The highest BCUT2D eigenvalue weighted by Crippen LogP contribution is 2.25. The molecule has 2 aliphatic rings. The standard InChI is InChI=1S/C10H11FIN.C10H9FIN/c2*11-8-4-7(5-9(12)6-8)10-2-1-3-13-10/h4-6,10,13H,1-3H2;4-6H,1-3H2. The summed E-state index contributed by atoms with van der Waals surface area (Å²) in [5.41, 5.74) is 3.08. The first-order valence-corrected chi connectivity index (χ1v) is 10.9. The lowest BCUT2D eigenvalue weighted by molar-refractivity contribution is 0.605. The fourth-order valence-electron chi connectivity index (χ4n) is 3.24. The molecular formula is C20H20F2I2N2. The van der Waals surface area contributed by atoms with Crippen molar-refractivity contribution >= 4 is 50.9 Å². The first-order valence-electron chi connectivity index (χ1n) is 8.70. The van der Waals surface area contributed by atoms with E-state index in [0.29, 0.717) is 6.04 Å². The van der Waals surface area contributed by atoms with Gasteiger partial charge in [0.1, 0.15) is 11.6 Å². The Morgan fingerprint density at radius 1 is 0.923 bits per heavy atom. The van der Waals surface area contributed by atoms with Gasteiger partial charge in [-0.3, -0.25) is 4.99 Å². The summed E-state index contributed by atoms with van der Waals surface area (Å²) in [6, 6.07) is 10.7. The zero-order valence-electron chi connectivity index (χ0n) is 14.2. The van der Waals surface area contributed by atoms with Gasteiger partial charge in [0.2, 0.25) is 0 Å². The molecule has 0 spiro atoms. The summed E-state index contributed by atoms with van der Waals surface area (Å²) in [5.74, 6) is -0.299. The number of aliphatic imine (C=N–C) groups is 1. The van der Waals surface area contributed by atoms with Gasteiger partial charge in [-0.25, -0.2) is 8.78 Å². The summed E-state index contributed by atoms with van der Waals surface area (Å²) in [7, 11) is 0. The summed E-state index contributed by atoms with van der Waals surface area (Å²) in [5, 5.41) is 3.36. The molecule has 2 aromatic rings. The van der Waals surface area contributed by atoms with Crippen LogP contribution in [-0.2, 0) is 0 Å². The van der Waals surface area contributed by atoms with Gasteiger partial charge in [0.05, 0.1) is 0 Å². The Labute approximate surface area is 180 Å². The second-order valence-corrected chi connectivity index (χ2v) is 8.93. The van der Waals surface area contributed by atoms with Gasteiger partial charge in [0.25, 0.3) is 0 Å². The topological polar surface area (TPSA) is 24.4 Å². The molecule has 1 N–H and O–H groups in total. The molecule has 0 bridgehead atoms. The quantitative estimate of drug-likeness (QED) is 0.442. The van der Waals surface area contributed by atoms with Gasteiger partial charge in [0.15, 0.2) is 0 Å². The highest BCUT2D eigenvalue weighted by molar-refractivity contribution is 14.1. The minimum atomic E-state index is -0.170. The van der Waals surface area contributed by atoms with Crippen molar-refractivity contribution in [2.24, 2.45) is 4.99 Å². The fourth-order valence-corrected chi connectivity index (χ4v) is 4.53. The number of hydrogen-bond acceptors (Lipinski definition) is 2. The number of rotatable bonds is 2. The van der Waals surface area contributed by atoms with Crippen molar-refractivity contribution in [3.8, 4) is 0 Å². The number of nitrogens with one attached hydrogen (secondary N) is 1. The van der Waals surface area contributed by atoms with Crippen LogP contribution in [0.4, 0.5) is 8.78 Å². The van der Waals surface area contributed by atoms with Gasteiger partial charge in [-0.2, -0.15) is 0 Å². The average Bonchev–Trinajstić information content (AvgIpc) is 3.28. The Balaban J connectivity index is 0.000000151. The van der Waals surface area contributed by atoms with Crippen LogP contribution >= 0.6 is 45.2 Å². The van der Waals surface area contributed by atoms with Gasteiger partial charge in [-0.15, -0.1) is 0 Å². The van der Waals surface area contributed by atoms with E-state index < -0.39 is 0 Å². The Morgan fingerprint density at radius 2 is 1.65 bits per heavy atom. The van der Waals surface area contributed by atoms with Gasteiger partial charge in [-0.05, 0) is 125 Å². The molecule has 2 nitrogen and oxygen atoms in total. The lowest BCUT2D eigenvalue weighted by Gasteiger charge is -2.10. The van der Waals surface area contributed by atoms with E-state index >= 15 is 0 Å². The molecule has 4 rings (SSSR count). The molecule has 0 amide bonds. The first-order chi connectivity index (χ1) is 12.5. The van der Waals surface area contributed by atoms with Gasteiger partial charge < -0.3 is 5.32 Å². The Kier molecular flexibility index (Phi) is 7.39. The molecule has 0 aromatic heterocycles. The normalized spacial score (nSPS) is 19.1. The molecule has 0 saturated carbocycles. The molecule has 26 heavy (non-hydrogen) atoms. The van der Waals surface area contributed by atoms with E-state index in [2.05, 4.69) is 55.5 Å². The van der Waals surface area contributed by atoms with Crippen molar-refractivity contribution in [1.82, 2.24) is 5.32 Å². The van der Waals surface area contributed by atoms with E-state index in [0.717, 1.165) is 56.3 Å². The maximum absolute atomic E-state index is 13.0. The number of hydrogen-bond donors (Lipinski definition) is 1. The molecular weight excluding hydrogens is 560 g/mol. The van der Waals surface area contributed by atoms with Crippen molar-refractivity contribution in [3.05, 3.63) is 66.3 Å². The molecule has 6 heteroatoms. The van der Waals surface area contributed by atoms with E-state index in [-0.39, 0.29) is 11.6 Å². The van der Waals surface area contributed by atoms with Crippen LogP contribution in [0.1, 0.15) is 42.9 Å². The van der Waals surface area contributed by atoms with Crippen LogP contribution in [0.5, 0.6) is 0 Å². The molecule has 1 atom stereocenters. The molecule has 2 aliphatic heterocycles. The van der Waals surface area contributed by atoms with Crippen LogP contribution in [0.2, 0.25) is 0 Å². The number of benzene rings is 2. The Morgan fingerprint density at radius 3 is 2.23 bits per heavy atom. The monoisotopic (exact) mass is 580 g/mol. The summed E-state index contributed by atoms with van der Waals surface area (Å²) < 4.78 is 28.0. The molecule has 0 aliphatic carbocycles. The van der Waals surface area contributed by atoms with Gasteiger partial charge in [0, 0.05) is 25.4 Å². The largest absolute Gasteiger partial charge is 0.310 e. The van der Waals surface area contributed by atoms with E-state index in [1.54, 1.807) is 18.2 Å².